The molecule has 2 aromatic heterocycles. The van der Waals surface area contributed by atoms with Crippen molar-refractivity contribution in [3.05, 3.63) is 71.2 Å². The topological polar surface area (TPSA) is 21.4 Å². The fourth-order valence-electron chi connectivity index (χ4n) is 4.94. The first-order valence-corrected chi connectivity index (χ1v) is 10.5. The summed E-state index contributed by atoms with van der Waals surface area (Å²) in [6, 6.07) is 14.9. The Balaban J connectivity index is 1.74. The van der Waals surface area contributed by atoms with Crippen LogP contribution in [0.2, 0.25) is 0 Å². The monoisotopic (exact) mass is 381 g/mol. The summed E-state index contributed by atoms with van der Waals surface area (Å²) in [5, 5.41) is 2.15. The van der Waals surface area contributed by atoms with Crippen LogP contribution in [0, 0.1) is 13.5 Å². The number of hydrogen-bond donors (Lipinski definition) is 0. The number of nitrogens with zero attached hydrogens (tertiary/aromatic N) is 2. The van der Waals surface area contributed by atoms with Crippen LogP contribution in [-0.4, -0.2) is 0 Å². The fraction of sp³-hybridized carbons (Fsp3) is 0.308. The lowest BCUT2D eigenvalue weighted by Gasteiger charge is -2.21. The van der Waals surface area contributed by atoms with Crippen molar-refractivity contribution < 1.29 is 8.98 Å². The van der Waals surface area contributed by atoms with Crippen molar-refractivity contribution in [2.45, 2.75) is 44.9 Å². The molecule has 0 aliphatic heterocycles. The van der Waals surface area contributed by atoms with E-state index in [-0.39, 0.29) is 0 Å². The van der Waals surface area contributed by atoms with Gasteiger partial charge in [0.1, 0.15) is 18.2 Å². The van der Waals surface area contributed by atoms with Crippen LogP contribution in [0.15, 0.2) is 53.1 Å². The first-order chi connectivity index (χ1) is 14.2. The Morgan fingerprint density at radius 1 is 1.03 bits per heavy atom. The first-order valence-electron chi connectivity index (χ1n) is 10.5. The number of pyridine rings is 1. The molecule has 2 aromatic carbocycles. The van der Waals surface area contributed by atoms with Crippen molar-refractivity contribution in [2.75, 3.05) is 0 Å². The molecular formula is C26H25N2O+. The van der Waals surface area contributed by atoms with Crippen LogP contribution in [-0.2, 0) is 7.05 Å². The number of fused-ring (bicyclic) bond motifs is 3. The van der Waals surface area contributed by atoms with Gasteiger partial charge in [0.2, 0.25) is 11.4 Å². The third-order valence-electron chi connectivity index (χ3n) is 6.46. The molecule has 0 bridgehead atoms. The Morgan fingerprint density at radius 2 is 1.86 bits per heavy atom. The number of rotatable bonds is 2. The highest BCUT2D eigenvalue weighted by Crippen LogP contribution is 2.44. The van der Waals surface area contributed by atoms with E-state index in [0.717, 1.165) is 33.2 Å². The van der Waals surface area contributed by atoms with Crippen LogP contribution >= 0.6 is 0 Å². The molecule has 4 aromatic rings. The summed E-state index contributed by atoms with van der Waals surface area (Å²) in [4.78, 5) is 3.93. The van der Waals surface area contributed by atoms with E-state index in [2.05, 4.69) is 46.7 Å². The summed E-state index contributed by atoms with van der Waals surface area (Å²) in [5.41, 5.74) is 6.69. The molecule has 29 heavy (non-hydrogen) atoms. The number of aromatic nitrogens is 1. The highest BCUT2D eigenvalue weighted by Gasteiger charge is 2.24. The van der Waals surface area contributed by atoms with E-state index >= 15 is 0 Å². The quantitative estimate of drug-likeness (QED) is 0.271. The van der Waals surface area contributed by atoms with E-state index in [0.29, 0.717) is 17.2 Å². The van der Waals surface area contributed by atoms with Crippen molar-refractivity contribution in [3.63, 3.8) is 0 Å². The molecule has 0 radical (unpaired) electrons. The molecule has 5 rings (SSSR count). The van der Waals surface area contributed by atoms with Gasteiger partial charge in [-0.15, -0.1) is 0 Å². The molecule has 0 atom stereocenters. The van der Waals surface area contributed by atoms with E-state index in [4.69, 9.17) is 11.0 Å². The lowest BCUT2D eigenvalue weighted by atomic mass is 9.84. The van der Waals surface area contributed by atoms with E-state index in [1.807, 2.05) is 25.4 Å². The molecule has 0 saturated heterocycles. The summed E-state index contributed by atoms with van der Waals surface area (Å²) in [7, 11) is 2.02. The average Bonchev–Trinajstić information content (AvgIpc) is 3.11. The molecule has 0 unspecified atom stereocenters. The minimum atomic E-state index is 0.609. The largest absolute Gasteiger partial charge is 0.467 e. The van der Waals surface area contributed by atoms with Gasteiger partial charge in [0.25, 0.3) is 0 Å². The van der Waals surface area contributed by atoms with Gasteiger partial charge < -0.3 is 4.42 Å². The highest BCUT2D eigenvalue weighted by atomic mass is 16.3. The zero-order chi connectivity index (χ0) is 20.0. The molecule has 3 heteroatoms. The summed E-state index contributed by atoms with van der Waals surface area (Å²) >= 11 is 0. The second-order valence-electron chi connectivity index (χ2n) is 8.29. The first kappa shape index (κ1) is 17.9. The molecular weight excluding hydrogens is 356 g/mol. The van der Waals surface area contributed by atoms with Gasteiger partial charge in [0, 0.05) is 22.9 Å². The van der Waals surface area contributed by atoms with Gasteiger partial charge in [-0.1, -0.05) is 31.4 Å². The average molecular weight is 381 g/mol. The van der Waals surface area contributed by atoms with Crippen LogP contribution in [0.5, 0.6) is 0 Å². The second kappa shape index (κ2) is 7.04. The molecule has 1 aliphatic rings. The van der Waals surface area contributed by atoms with E-state index in [1.54, 1.807) is 0 Å². The summed E-state index contributed by atoms with van der Waals surface area (Å²) in [5.74, 6) is 0.641. The second-order valence-corrected chi connectivity index (χ2v) is 8.29. The lowest BCUT2D eigenvalue weighted by molar-refractivity contribution is -0.660. The normalized spacial score (nSPS) is 15.1. The Labute approximate surface area is 171 Å². The Morgan fingerprint density at radius 3 is 2.62 bits per heavy atom. The van der Waals surface area contributed by atoms with Gasteiger partial charge in [-0.05, 0) is 55.0 Å². The molecule has 0 amide bonds. The van der Waals surface area contributed by atoms with Gasteiger partial charge in [-0.3, -0.25) is 0 Å². The minimum Gasteiger partial charge on any atom is -0.467 e. The molecule has 1 fully saturated rings. The van der Waals surface area contributed by atoms with Crippen molar-refractivity contribution in [3.8, 4) is 11.3 Å². The fourth-order valence-corrected chi connectivity index (χ4v) is 4.94. The van der Waals surface area contributed by atoms with Gasteiger partial charge in [0.05, 0.1) is 12.1 Å². The van der Waals surface area contributed by atoms with Gasteiger partial charge in [-0.25, -0.2) is 9.41 Å². The van der Waals surface area contributed by atoms with Gasteiger partial charge in [-0.2, -0.15) is 0 Å². The van der Waals surface area contributed by atoms with E-state index in [9.17, 15) is 0 Å². The SMILES string of the molecule is [C-]#[N+]c1c(-c2cccc[n+]2C)c(C)cc2c1oc1cc(C3CCCCC3)ccc12. The molecule has 0 spiro atoms. The number of furan rings is 1. The Kier molecular flexibility index (Phi) is 4.36. The molecule has 0 N–H and O–H groups in total. The maximum Gasteiger partial charge on any atom is 0.243 e. The summed E-state index contributed by atoms with van der Waals surface area (Å²) in [6.45, 7) is 10.0. The van der Waals surface area contributed by atoms with Crippen molar-refractivity contribution in [1.29, 1.82) is 0 Å². The highest BCUT2D eigenvalue weighted by molar-refractivity contribution is 6.12. The molecule has 1 saturated carbocycles. The molecule has 3 nitrogen and oxygen atoms in total. The van der Waals surface area contributed by atoms with Crippen molar-refractivity contribution >= 4 is 27.6 Å². The molecule has 144 valence electrons. The zero-order valence-electron chi connectivity index (χ0n) is 17.0. The lowest BCUT2D eigenvalue weighted by Crippen LogP contribution is -2.30. The summed E-state index contributed by atoms with van der Waals surface area (Å²) in [6.07, 6.45) is 8.56. The van der Waals surface area contributed by atoms with Crippen LogP contribution < -0.4 is 4.57 Å². The van der Waals surface area contributed by atoms with Crippen LogP contribution in [0.3, 0.4) is 0 Å². The predicted octanol–water partition coefficient (Wildman–Crippen LogP) is 6.98. The van der Waals surface area contributed by atoms with E-state index < -0.39 is 0 Å². The van der Waals surface area contributed by atoms with Crippen LogP contribution in [0.1, 0.15) is 49.1 Å². The Bertz CT molecular complexity index is 1270. The number of benzene rings is 2. The van der Waals surface area contributed by atoms with Crippen molar-refractivity contribution in [2.24, 2.45) is 7.05 Å². The minimum absolute atomic E-state index is 0.609. The zero-order valence-corrected chi connectivity index (χ0v) is 17.0. The number of hydrogen-bond acceptors (Lipinski definition) is 1. The predicted molar refractivity (Wildman–Crippen MR) is 117 cm³/mol. The third-order valence-corrected chi connectivity index (χ3v) is 6.46. The van der Waals surface area contributed by atoms with Gasteiger partial charge in [0.15, 0.2) is 6.20 Å². The van der Waals surface area contributed by atoms with E-state index in [1.165, 1.54) is 37.7 Å². The number of aryl methyl sites for hydroxylation is 2. The van der Waals surface area contributed by atoms with Gasteiger partial charge >= 0.3 is 0 Å². The molecule has 2 heterocycles. The maximum absolute atomic E-state index is 7.91. The third kappa shape index (κ3) is 2.91. The van der Waals surface area contributed by atoms with Crippen LogP contribution in [0.4, 0.5) is 5.69 Å². The summed E-state index contributed by atoms with van der Waals surface area (Å²) < 4.78 is 8.40. The Hall–Kier alpha value is -3.12. The molecule has 1 aliphatic carbocycles. The van der Waals surface area contributed by atoms with Crippen molar-refractivity contribution in [1.82, 2.24) is 0 Å². The maximum atomic E-state index is 7.91. The standard InChI is InChI=1S/C26H25N2O/c1-17-15-21-20-13-12-19(18-9-5-4-6-10-18)16-23(20)29-26(21)25(27-2)24(17)22-11-7-8-14-28(22)3/h7-8,11-16,18H,4-6,9-10H2,1,3H3/q+1. The smallest absolute Gasteiger partial charge is 0.243 e. The van der Waals surface area contributed by atoms with Crippen LogP contribution in [0.25, 0.3) is 38.0 Å².